The highest BCUT2D eigenvalue weighted by molar-refractivity contribution is 7.80. The number of aromatic nitrogens is 2. The minimum atomic E-state index is 0.0647. The summed E-state index contributed by atoms with van der Waals surface area (Å²) in [5, 5.41) is 6.85. The lowest BCUT2D eigenvalue weighted by molar-refractivity contribution is 0.397. The number of nitrogens with zero attached hydrogens (tertiary/aromatic N) is 3. The van der Waals surface area contributed by atoms with E-state index in [-0.39, 0.29) is 6.04 Å². The van der Waals surface area contributed by atoms with E-state index in [2.05, 4.69) is 63.8 Å². The van der Waals surface area contributed by atoms with Crippen LogP contribution in [0.3, 0.4) is 0 Å². The molecule has 2 N–H and O–H groups in total. The van der Waals surface area contributed by atoms with Crippen LogP contribution < -0.4 is 20.3 Å². The number of ether oxygens (including phenoxy) is 1. The third-order valence-corrected chi connectivity index (χ3v) is 5.45. The number of benzene rings is 2. The molecule has 2 heterocycles. The van der Waals surface area contributed by atoms with Crippen molar-refractivity contribution in [2.24, 2.45) is 0 Å². The van der Waals surface area contributed by atoms with Gasteiger partial charge in [0.15, 0.2) is 5.11 Å². The first-order valence-electron chi connectivity index (χ1n) is 9.99. The quantitative estimate of drug-likeness (QED) is 0.604. The fourth-order valence-corrected chi connectivity index (χ4v) is 3.85. The Morgan fingerprint density at radius 2 is 1.80 bits per heavy atom. The van der Waals surface area contributed by atoms with E-state index in [4.69, 9.17) is 21.9 Å². The Hall–Kier alpha value is -3.19. The second-order valence-corrected chi connectivity index (χ2v) is 7.67. The standard InChI is InChI=1S/C23H25N5OS/c1-16(17-8-4-3-5-9-17)24-23(30)27-22-25-20(14-21(26-22)29-2)28-13-12-18-10-6-7-11-19(18)15-28/h3-11,14,16H,12-13,15H2,1-2H3,(H2,24,25,26,27,30)/t16-/m1/s1. The topological polar surface area (TPSA) is 62.3 Å². The van der Waals surface area contributed by atoms with Crippen molar-refractivity contribution in [1.82, 2.24) is 15.3 Å². The van der Waals surface area contributed by atoms with Gasteiger partial charge in [0.05, 0.1) is 13.2 Å². The van der Waals surface area contributed by atoms with Gasteiger partial charge in [-0.05, 0) is 42.3 Å². The van der Waals surface area contributed by atoms with Crippen LogP contribution in [0.2, 0.25) is 0 Å². The van der Waals surface area contributed by atoms with Crippen LogP contribution in [0.1, 0.15) is 29.7 Å². The summed E-state index contributed by atoms with van der Waals surface area (Å²) < 4.78 is 5.41. The zero-order valence-electron chi connectivity index (χ0n) is 17.1. The highest BCUT2D eigenvalue weighted by Crippen LogP contribution is 2.26. The Kier molecular flexibility index (Phi) is 6.09. The van der Waals surface area contributed by atoms with Crippen LogP contribution in [0.15, 0.2) is 60.7 Å². The van der Waals surface area contributed by atoms with Gasteiger partial charge in [0.2, 0.25) is 11.8 Å². The molecule has 2 aromatic carbocycles. The number of anilines is 2. The highest BCUT2D eigenvalue weighted by atomic mass is 32.1. The van der Waals surface area contributed by atoms with Crippen molar-refractivity contribution < 1.29 is 4.74 Å². The third-order valence-electron chi connectivity index (χ3n) is 5.23. The summed E-state index contributed by atoms with van der Waals surface area (Å²) in [5.41, 5.74) is 3.87. The van der Waals surface area contributed by atoms with Gasteiger partial charge in [-0.3, -0.25) is 0 Å². The Bertz CT molecular complexity index is 1030. The van der Waals surface area contributed by atoms with Crippen LogP contribution in [0.25, 0.3) is 0 Å². The molecule has 0 spiro atoms. The zero-order valence-corrected chi connectivity index (χ0v) is 17.9. The minimum absolute atomic E-state index is 0.0647. The summed E-state index contributed by atoms with van der Waals surface area (Å²) in [6.45, 7) is 3.76. The first kappa shape index (κ1) is 20.1. The molecular weight excluding hydrogens is 394 g/mol. The number of hydrogen-bond acceptors (Lipinski definition) is 5. The molecule has 1 atom stereocenters. The Labute approximate surface area is 182 Å². The van der Waals surface area contributed by atoms with Crippen LogP contribution in [-0.2, 0) is 13.0 Å². The van der Waals surface area contributed by atoms with Crippen molar-refractivity contribution in [3.8, 4) is 5.88 Å². The van der Waals surface area contributed by atoms with Gasteiger partial charge in [-0.25, -0.2) is 0 Å². The minimum Gasteiger partial charge on any atom is -0.481 e. The van der Waals surface area contributed by atoms with E-state index in [0.717, 1.165) is 30.9 Å². The molecule has 0 bridgehead atoms. The molecule has 6 nitrogen and oxygen atoms in total. The number of fused-ring (bicyclic) bond motifs is 1. The van der Waals surface area contributed by atoms with E-state index in [1.54, 1.807) is 7.11 Å². The Morgan fingerprint density at radius 1 is 1.07 bits per heavy atom. The molecule has 1 aliphatic heterocycles. The van der Waals surface area contributed by atoms with Gasteiger partial charge in [0.1, 0.15) is 5.82 Å². The zero-order chi connectivity index (χ0) is 20.9. The summed E-state index contributed by atoms with van der Waals surface area (Å²) in [6.07, 6.45) is 0.986. The number of hydrogen-bond donors (Lipinski definition) is 2. The molecule has 3 aromatic rings. The number of thiocarbonyl (C=S) groups is 1. The summed E-state index contributed by atoms with van der Waals surface area (Å²) in [7, 11) is 1.61. The van der Waals surface area contributed by atoms with Gasteiger partial charge in [-0.15, -0.1) is 0 Å². The maximum absolute atomic E-state index is 5.49. The summed E-state index contributed by atoms with van der Waals surface area (Å²) in [4.78, 5) is 11.3. The molecular formula is C23H25N5OS. The van der Waals surface area contributed by atoms with Crippen molar-refractivity contribution in [2.45, 2.75) is 25.9 Å². The fourth-order valence-electron chi connectivity index (χ4n) is 3.59. The molecule has 0 unspecified atom stereocenters. The number of nitrogens with one attached hydrogen (secondary N) is 2. The lowest BCUT2D eigenvalue weighted by Crippen LogP contribution is -2.33. The van der Waals surface area contributed by atoms with E-state index in [1.807, 2.05) is 24.3 Å². The third kappa shape index (κ3) is 4.68. The van der Waals surface area contributed by atoms with Crippen molar-refractivity contribution >= 4 is 29.1 Å². The molecule has 0 aliphatic carbocycles. The lowest BCUT2D eigenvalue weighted by Gasteiger charge is -2.30. The van der Waals surface area contributed by atoms with E-state index in [1.165, 1.54) is 11.1 Å². The summed E-state index contributed by atoms with van der Waals surface area (Å²) in [5.74, 6) is 1.74. The van der Waals surface area contributed by atoms with E-state index in [0.29, 0.717) is 16.9 Å². The van der Waals surface area contributed by atoms with Crippen LogP contribution in [0.4, 0.5) is 11.8 Å². The van der Waals surface area contributed by atoms with Crippen molar-refractivity contribution in [3.05, 3.63) is 77.4 Å². The maximum Gasteiger partial charge on any atom is 0.234 e. The molecule has 0 radical (unpaired) electrons. The van der Waals surface area contributed by atoms with Crippen LogP contribution in [0.5, 0.6) is 5.88 Å². The highest BCUT2D eigenvalue weighted by Gasteiger charge is 2.19. The second kappa shape index (κ2) is 9.09. The Morgan fingerprint density at radius 3 is 2.57 bits per heavy atom. The van der Waals surface area contributed by atoms with Crippen LogP contribution in [-0.4, -0.2) is 28.7 Å². The molecule has 30 heavy (non-hydrogen) atoms. The molecule has 0 saturated heterocycles. The molecule has 1 aliphatic rings. The summed E-state index contributed by atoms with van der Waals surface area (Å²) in [6, 6.07) is 20.6. The van der Waals surface area contributed by atoms with Gasteiger partial charge in [0.25, 0.3) is 0 Å². The maximum atomic E-state index is 5.49. The molecule has 4 rings (SSSR count). The average molecular weight is 420 g/mol. The number of methoxy groups -OCH3 is 1. The average Bonchev–Trinajstić information content (AvgIpc) is 2.79. The lowest BCUT2D eigenvalue weighted by atomic mass is 10.00. The first-order chi connectivity index (χ1) is 14.6. The van der Waals surface area contributed by atoms with Gasteiger partial charge >= 0.3 is 0 Å². The second-order valence-electron chi connectivity index (χ2n) is 7.26. The van der Waals surface area contributed by atoms with Gasteiger partial charge in [-0.2, -0.15) is 9.97 Å². The molecule has 0 saturated carbocycles. The van der Waals surface area contributed by atoms with Gasteiger partial charge < -0.3 is 20.3 Å². The fraction of sp³-hybridized carbons (Fsp3) is 0.261. The molecule has 154 valence electrons. The van der Waals surface area contributed by atoms with Crippen molar-refractivity contribution in [2.75, 3.05) is 23.9 Å². The molecule has 7 heteroatoms. The Balaban J connectivity index is 1.48. The predicted octanol–water partition coefficient (Wildman–Crippen LogP) is 4.10. The largest absolute Gasteiger partial charge is 0.481 e. The van der Waals surface area contributed by atoms with Crippen LogP contribution >= 0.6 is 12.2 Å². The first-order valence-corrected chi connectivity index (χ1v) is 10.4. The van der Waals surface area contributed by atoms with Gasteiger partial charge in [-0.1, -0.05) is 54.6 Å². The number of rotatable bonds is 5. The van der Waals surface area contributed by atoms with Crippen LogP contribution in [0, 0.1) is 0 Å². The van der Waals surface area contributed by atoms with E-state index >= 15 is 0 Å². The molecule has 1 aromatic heterocycles. The van der Waals surface area contributed by atoms with Crippen molar-refractivity contribution in [1.29, 1.82) is 0 Å². The van der Waals surface area contributed by atoms with Crippen molar-refractivity contribution in [3.63, 3.8) is 0 Å². The smallest absolute Gasteiger partial charge is 0.234 e. The predicted molar refractivity (Wildman–Crippen MR) is 124 cm³/mol. The monoisotopic (exact) mass is 419 g/mol. The SMILES string of the molecule is COc1cc(N2CCc3ccccc3C2)nc(NC(=S)N[C@H](C)c2ccccc2)n1. The molecule has 0 amide bonds. The summed E-state index contributed by atoms with van der Waals surface area (Å²) >= 11 is 5.49. The van der Waals surface area contributed by atoms with E-state index < -0.39 is 0 Å². The molecule has 0 fully saturated rings. The van der Waals surface area contributed by atoms with E-state index in [9.17, 15) is 0 Å². The van der Waals surface area contributed by atoms with Gasteiger partial charge in [0, 0.05) is 19.2 Å². The normalized spacial score (nSPS) is 13.9.